The molecule has 10 aromatic rings. The first-order valence-corrected chi connectivity index (χ1v) is 21.3. The Morgan fingerprint density at radius 3 is 1.56 bits per heavy atom. The fraction of sp³-hybridized carbons (Fsp3) is 0.0169. The molecule has 9 aromatic carbocycles. The standard InChI is InChI=1S/C59H38N2O2/c1-5-16-39(17-6-1)43-20-15-21-45(36-43)52-38-51(60-58(61-52)42-18-7-2-8-19-42)41-30-28-40(29-31-41)44-32-34-53-55(37-44)62-54-35-33-50-56(57(54)63-53)48-26-13-14-27-49(48)59(50,46-22-9-3-10-23-46)47-24-11-4-12-25-47/h1-38H. The second kappa shape index (κ2) is 15.0. The lowest BCUT2D eigenvalue weighted by atomic mass is 9.68. The van der Waals surface area contributed by atoms with Crippen molar-refractivity contribution in [3.05, 3.63) is 253 Å². The van der Waals surface area contributed by atoms with Gasteiger partial charge in [0.05, 0.1) is 16.8 Å². The Morgan fingerprint density at radius 1 is 0.317 bits per heavy atom. The fourth-order valence-electron chi connectivity index (χ4n) is 9.52. The van der Waals surface area contributed by atoms with Crippen LogP contribution in [0.4, 0.5) is 0 Å². The van der Waals surface area contributed by atoms with Gasteiger partial charge in [-0.15, -0.1) is 0 Å². The second-order valence-corrected chi connectivity index (χ2v) is 16.1. The van der Waals surface area contributed by atoms with Crippen molar-refractivity contribution < 1.29 is 9.47 Å². The minimum Gasteiger partial charge on any atom is -0.449 e. The van der Waals surface area contributed by atoms with E-state index < -0.39 is 5.41 Å². The molecule has 0 spiro atoms. The summed E-state index contributed by atoms with van der Waals surface area (Å²) in [5.74, 6) is 3.49. The van der Waals surface area contributed by atoms with Crippen LogP contribution in [0.3, 0.4) is 0 Å². The van der Waals surface area contributed by atoms with E-state index in [0.717, 1.165) is 61.6 Å². The molecule has 0 fully saturated rings. The number of fused-ring (bicyclic) bond motifs is 6. The molecule has 4 heteroatoms. The van der Waals surface area contributed by atoms with Gasteiger partial charge in [-0.25, -0.2) is 9.97 Å². The summed E-state index contributed by atoms with van der Waals surface area (Å²) in [7, 11) is 0. The number of rotatable bonds is 7. The first-order chi connectivity index (χ1) is 31.2. The highest BCUT2D eigenvalue weighted by atomic mass is 16.6. The molecule has 0 atom stereocenters. The number of hydrogen-bond donors (Lipinski definition) is 0. The van der Waals surface area contributed by atoms with Crippen LogP contribution in [0.1, 0.15) is 22.3 Å². The molecular weight excluding hydrogens is 769 g/mol. The van der Waals surface area contributed by atoms with Gasteiger partial charge in [-0.05, 0) is 80.4 Å². The van der Waals surface area contributed by atoms with Crippen molar-refractivity contribution in [1.29, 1.82) is 0 Å². The van der Waals surface area contributed by atoms with Crippen molar-refractivity contribution in [1.82, 2.24) is 9.97 Å². The van der Waals surface area contributed by atoms with Crippen molar-refractivity contribution in [3.8, 4) is 90.3 Å². The van der Waals surface area contributed by atoms with E-state index in [1.807, 2.05) is 30.3 Å². The molecule has 0 radical (unpaired) electrons. The Kier molecular flexibility index (Phi) is 8.68. The highest BCUT2D eigenvalue weighted by molar-refractivity contribution is 5.92. The molecule has 0 unspecified atom stereocenters. The molecular formula is C59H38N2O2. The van der Waals surface area contributed by atoms with Crippen LogP contribution in [0.2, 0.25) is 0 Å². The monoisotopic (exact) mass is 806 g/mol. The van der Waals surface area contributed by atoms with Crippen molar-refractivity contribution in [2.75, 3.05) is 0 Å². The van der Waals surface area contributed by atoms with Crippen molar-refractivity contribution in [2.45, 2.75) is 5.41 Å². The highest BCUT2D eigenvalue weighted by Crippen LogP contribution is 2.62. The lowest BCUT2D eigenvalue weighted by Gasteiger charge is -2.34. The Bertz CT molecular complexity index is 3270. The van der Waals surface area contributed by atoms with Crippen LogP contribution in [-0.2, 0) is 5.41 Å². The minimum atomic E-state index is -0.521. The molecule has 0 saturated heterocycles. The van der Waals surface area contributed by atoms with Crippen molar-refractivity contribution in [3.63, 3.8) is 0 Å². The van der Waals surface area contributed by atoms with Crippen LogP contribution < -0.4 is 9.47 Å². The second-order valence-electron chi connectivity index (χ2n) is 16.1. The zero-order valence-electron chi connectivity index (χ0n) is 34.2. The zero-order valence-corrected chi connectivity index (χ0v) is 34.2. The average molecular weight is 807 g/mol. The first-order valence-electron chi connectivity index (χ1n) is 21.3. The van der Waals surface area contributed by atoms with E-state index >= 15 is 0 Å². The topological polar surface area (TPSA) is 44.2 Å². The van der Waals surface area contributed by atoms with Gasteiger partial charge in [0.2, 0.25) is 0 Å². The maximum absolute atomic E-state index is 6.90. The Labute approximate surface area is 366 Å². The molecule has 4 nitrogen and oxygen atoms in total. The maximum Gasteiger partial charge on any atom is 0.178 e. The molecule has 0 saturated carbocycles. The van der Waals surface area contributed by atoms with Gasteiger partial charge in [-0.3, -0.25) is 0 Å². The molecule has 296 valence electrons. The molecule has 0 bridgehead atoms. The summed E-state index contributed by atoms with van der Waals surface area (Å²) < 4.78 is 13.7. The summed E-state index contributed by atoms with van der Waals surface area (Å²) in [4.78, 5) is 10.2. The summed E-state index contributed by atoms with van der Waals surface area (Å²) in [6.45, 7) is 0. The van der Waals surface area contributed by atoms with Gasteiger partial charge in [-0.1, -0.05) is 200 Å². The maximum atomic E-state index is 6.90. The molecule has 2 aliphatic rings. The molecule has 1 aliphatic carbocycles. The Hall–Kier alpha value is -8.34. The molecule has 0 amide bonds. The first kappa shape index (κ1) is 36.5. The van der Waals surface area contributed by atoms with E-state index in [-0.39, 0.29) is 0 Å². The largest absolute Gasteiger partial charge is 0.449 e. The summed E-state index contributed by atoms with van der Waals surface area (Å²) in [6, 6.07) is 80.6. The van der Waals surface area contributed by atoms with Gasteiger partial charge < -0.3 is 9.47 Å². The predicted octanol–water partition coefficient (Wildman–Crippen LogP) is 15.1. The molecule has 63 heavy (non-hydrogen) atoms. The van der Waals surface area contributed by atoms with E-state index in [2.05, 4.69) is 200 Å². The van der Waals surface area contributed by atoms with Gasteiger partial charge in [0.1, 0.15) is 0 Å². The van der Waals surface area contributed by atoms with Crippen LogP contribution in [0.25, 0.3) is 67.3 Å². The summed E-state index contributed by atoms with van der Waals surface area (Å²) in [5, 5.41) is 0. The van der Waals surface area contributed by atoms with Crippen LogP contribution in [-0.4, -0.2) is 9.97 Å². The summed E-state index contributed by atoms with van der Waals surface area (Å²) in [5.41, 5.74) is 15.6. The SMILES string of the molecule is c1ccc(-c2cccc(-c3cc(-c4ccc(-c5ccc6c(c5)Oc5ccc7c(c5O6)-c5ccccc5C7(c5ccccc5)c5ccccc5)cc4)nc(-c4ccccc4)n3)c2)cc1. The van der Waals surface area contributed by atoms with Crippen LogP contribution in [0.5, 0.6) is 23.0 Å². The summed E-state index contributed by atoms with van der Waals surface area (Å²) >= 11 is 0. The van der Waals surface area contributed by atoms with E-state index in [9.17, 15) is 0 Å². The highest BCUT2D eigenvalue weighted by Gasteiger charge is 2.48. The average Bonchev–Trinajstić information content (AvgIpc) is 3.68. The number of nitrogens with zero attached hydrogens (tertiary/aromatic N) is 2. The molecule has 1 aliphatic heterocycles. The van der Waals surface area contributed by atoms with Crippen LogP contribution >= 0.6 is 0 Å². The lowest BCUT2D eigenvalue weighted by Crippen LogP contribution is -2.28. The lowest BCUT2D eigenvalue weighted by molar-refractivity contribution is 0.360. The van der Waals surface area contributed by atoms with E-state index in [1.54, 1.807) is 0 Å². The Morgan fingerprint density at radius 2 is 0.841 bits per heavy atom. The number of benzene rings is 9. The smallest absolute Gasteiger partial charge is 0.178 e. The van der Waals surface area contributed by atoms with Gasteiger partial charge in [0.25, 0.3) is 0 Å². The normalized spacial score (nSPS) is 12.8. The number of hydrogen-bond acceptors (Lipinski definition) is 4. The van der Waals surface area contributed by atoms with Gasteiger partial charge in [0, 0.05) is 22.3 Å². The van der Waals surface area contributed by atoms with E-state index in [0.29, 0.717) is 23.1 Å². The number of ether oxygens (including phenoxy) is 2. The third kappa shape index (κ3) is 6.14. The van der Waals surface area contributed by atoms with Gasteiger partial charge in [0.15, 0.2) is 28.8 Å². The quantitative estimate of drug-likeness (QED) is 0.161. The zero-order chi connectivity index (χ0) is 41.7. The van der Waals surface area contributed by atoms with Crippen LogP contribution in [0.15, 0.2) is 231 Å². The van der Waals surface area contributed by atoms with Gasteiger partial charge in [-0.2, -0.15) is 0 Å². The molecule has 1 aromatic heterocycles. The van der Waals surface area contributed by atoms with Crippen LogP contribution in [0, 0.1) is 0 Å². The number of aromatic nitrogens is 2. The molecule has 2 heterocycles. The van der Waals surface area contributed by atoms with Gasteiger partial charge >= 0.3 is 0 Å². The summed E-state index contributed by atoms with van der Waals surface area (Å²) in [6.07, 6.45) is 0. The van der Waals surface area contributed by atoms with Crippen molar-refractivity contribution >= 4 is 0 Å². The van der Waals surface area contributed by atoms with E-state index in [4.69, 9.17) is 19.4 Å². The Balaban J connectivity index is 0.888. The third-order valence-corrected chi connectivity index (χ3v) is 12.5. The predicted molar refractivity (Wildman–Crippen MR) is 253 cm³/mol. The fourth-order valence-corrected chi connectivity index (χ4v) is 9.52. The third-order valence-electron chi connectivity index (χ3n) is 12.5. The van der Waals surface area contributed by atoms with Crippen molar-refractivity contribution in [2.24, 2.45) is 0 Å². The molecule has 12 rings (SSSR count). The molecule has 0 N–H and O–H groups in total. The minimum absolute atomic E-state index is 0.521. The van der Waals surface area contributed by atoms with E-state index in [1.165, 1.54) is 27.8 Å².